The fourth-order valence-electron chi connectivity index (χ4n) is 3.28. The zero-order chi connectivity index (χ0) is 20.4. The molecule has 0 atom stereocenters. The molecule has 7 nitrogen and oxygen atoms in total. The lowest BCUT2D eigenvalue weighted by molar-refractivity contribution is 0.0914. The zero-order valence-electron chi connectivity index (χ0n) is 15.9. The first-order valence-corrected chi connectivity index (χ1v) is 11.6. The van der Waals surface area contributed by atoms with Crippen molar-refractivity contribution in [1.29, 1.82) is 0 Å². The number of hydrogen-bond donors (Lipinski definition) is 1. The molecule has 9 heteroatoms. The molecule has 3 aromatic rings. The molecular weight excluding hydrogens is 410 g/mol. The van der Waals surface area contributed by atoms with Gasteiger partial charge in [0.2, 0.25) is 10.0 Å². The number of sulfonamides is 1. The lowest BCUT2D eigenvalue weighted by atomic mass is 10.1. The number of thiophene rings is 1. The smallest absolute Gasteiger partial charge is 0.273 e. The molecule has 1 aliphatic heterocycles. The van der Waals surface area contributed by atoms with E-state index < -0.39 is 10.0 Å². The van der Waals surface area contributed by atoms with Gasteiger partial charge >= 0.3 is 0 Å². The first kappa shape index (κ1) is 19.8. The zero-order valence-corrected chi connectivity index (χ0v) is 17.5. The highest BCUT2D eigenvalue weighted by atomic mass is 32.2. The third-order valence-electron chi connectivity index (χ3n) is 4.95. The Bertz CT molecular complexity index is 1080. The molecule has 1 fully saturated rings. The minimum atomic E-state index is -3.51. The second-order valence-corrected chi connectivity index (χ2v) is 9.90. The van der Waals surface area contributed by atoms with Gasteiger partial charge < -0.3 is 9.84 Å². The molecule has 1 saturated heterocycles. The Morgan fingerprint density at radius 1 is 1.21 bits per heavy atom. The van der Waals surface area contributed by atoms with Crippen molar-refractivity contribution in [2.45, 2.75) is 30.7 Å². The van der Waals surface area contributed by atoms with Crippen LogP contribution in [0, 0.1) is 6.92 Å². The van der Waals surface area contributed by atoms with Crippen LogP contribution in [0.1, 0.15) is 28.9 Å². The van der Waals surface area contributed by atoms with Gasteiger partial charge in [0.1, 0.15) is 0 Å². The Morgan fingerprint density at radius 3 is 2.59 bits per heavy atom. The van der Waals surface area contributed by atoms with Crippen molar-refractivity contribution in [2.24, 2.45) is 0 Å². The van der Waals surface area contributed by atoms with Gasteiger partial charge in [-0.15, -0.1) is 11.3 Å². The predicted molar refractivity (Wildman–Crippen MR) is 110 cm³/mol. The molecule has 0 saturated carbocycles. The first-order valence-electron chi connectivity index (χ1n) is 9.32. The maximum atomic E-state index is 12.8. The number of aromatic nitrogens is 1. The lowest BCUT2D eigenvalue weighted by Gasteiger charge is -2.31. The van der Waals surface area contributed by atoms with Gasteiger partial charge in [0.15, 0.2) is 11.5 Å². The van der Waals surface area contributed by atoms with E-state index in [4.69, 9.17) is 4.52 Å². The second kappa shape index (κ2) is 8.10. The van der Waals surface area contributed by atoms with Gasteiger partial charge in [0.25, 0.3) is 5.91 Å². The van der Waals surface area contributed by atoms with E-state index in [1.165, 1.54) is 15.6 Å². The summed E-state index contributed by atoms with van der Waals surface area (Å²) in [5.74, 6) is 0.251. The summed E-state index contributed by atoms with van der Waals surface area (Å²) >= 11 is 1.51. The molecule has 0 spiro atoms. The maximum Gasteiger partial charge on any atom is 0.273 e. The molecule has 4 rings (SSSR count). The molecular formula is C20H21N3O4S2. The highest BCUT2D eigenvalue weighted by Crippen LogP contribution is 2.25. The van der Waals surface area contributed by atoms with Crippen LogP contribution in [-0.4, -0.2) is 42.9 Å². The molecule has 3 heterocycles. The van der Waals surface area contributed by atoms with Crippen molar-refractivity contribution in [3.8, 4) is 10.6 Å². The van der Waals surface area contributed by atoms with E-state index >= 15 is 0 Å². The Hall–Kier alpha value is -2.49. The monoisotopic (exact) mass is 431 g/mol. The molecule has 152 valence electrons. The van der Waals surface area contributed by atoms with Crippen LogP contribution in [0.4, 0.5) is 0 Å². The number of carbonyl (C=O) groups excluding carboxylic acids is 1. The predicted octanol–water partition coefficient (Wildman–Crippen LogP) is 3.29. The standard InChI is InChI=1S/C20H21N3O4S2/c1-14-4-6-16(7-5-14)29(25,26)23-10-8-15(9-11-23)21-20(24)17-13-18(27-22-17)19-3-2-12-28-19/h2-7,12-13,15H,8-11H2,1H3,(H,21,24). The summed E-state index contributed by atoms with van der Waals surface area (Å²) in [7, 11) is -3.51. The molecule has 1 N–H and O–H groups in total. The van der Waals surface area contributed by atoms with E-state index in [1.807, 2.05) is 24.4 Å². The van der Waals surface area contributed by atoms with Crippen LogP contribution in [0.5, 0.6) is 0 Å². The van der Waals surface area contributed by atoms with E-state index in [0.717, 1.165) is 10.4 Å². The molecule has 1 aliphatic rings. The molecule has 2 aromatic heterocycles. The summed E-state index contributed by atoms with van der Waals surface area (Å²) < 4.78 is 32.3. The Morgan fingerprint density at radius 2 is 1.93 bits per heavy atom. The van der Waals surface area contributed by atoms with E-state index in [-0.39, 0.29) is 17.6 Å². The first-order chi connectivity index (χ1) is 13.9. The molecule has 0 unspecified atom stereocenters. The fraction of sp³-hybridized carbons (Fsp3) is 0.300. The van der Waals surface area contributed by atoms with Gasteiger partial charge in [-0.2, -0.15) is 4.31 Å². The van der Waals surface area contributed by atoms with Gasteiger partial charge in [-0.25, -0.2) is 8.42 Å². The summed E-state index contributed by atoms with van der Waals surface area (Å²) in [6.07, 6.45) is 1.10. The maximum absolute atomic E-state index is 12.8. The summed E-state index contributed by atoms with van der Waals surface area (Å²) in [5.41, 5.74) is 1.24. The van der Waals surface area contributed by atoms with Gasteiger partial charge in [0, 0.05) is 25.2 Å². The molecule has 0 aliphatic carbocycles. The van der Waals surface area contributed by atoms with E-state index in [0.29, 0.717) is 36.6 Å². The topological polar surface area (TPSA) is 92.5 Å². The summed E-state index contributed by atoms with van der Waals surface area (Å²) in [5, 5.41) is 8.71. The van der Waals surface area contributed by atoms with E-state index in [9.17, 15) is 13.2 Å². The average molecular weight is 432 g/mol. The summed E-state index contributed by atoms with van der Waals surface area (Å²) in [6.45, 7) is 2.64. The number of piperidine rings is 1. The second-order valence-electron chi connectivity index (χ2n) is 7.02. The van der Waals surface area contributed by atoms with E-state index in [2.05, 4.69) is 10.5 Å². The SMILES string of the molecule is Cc1ccc(S(=O)(=O)N2CCC(NC(=O)c3cc(-c4cccs4)on3)CC2)cc1. The molecule has 0 radical (unpaired) electrons. The van der Waals surface area contributed by atoms with Crippen molar-refractivity contribution in [1.82, 2.24) is 14.8 Å². The van der Waals surface area contributed by atoms with Crippen LogP contribution < -0.4 is 5.32 Å². The number of benzene rings is 1. The number of amides is 1. The normalized spacial score (nSPS) is 16.0. The number of hydrogen-bond acceptors (Lipinski definition) is 6. The summed E-state index contributed by atoms with van der Waals surface area (Å²) in [6, 6.07) is 12.2. The Labute approximate surface area is 173 Å². The van der Waals surface area contributed by atoms with Crippen LogP contribution in [0.2, 0.25) is 0 Å². The van der Waals surface area contributed by atoms with Crippen LogP contribution in [0.25, 0.3) is 10.6 Å². The molecule has 1 amide bonds. The van der Waals surface area contributed by atoms with Gasteiger partial charge in [0.05, 0.1) is 9.77 Å². The minimum Gasteiger partial charge on any atom is -0.355 e. The third-order valence-corrected chi connectivity index (χ3v) is 7.75. The van der Waals surface area contributed by atoms with Crippen LogP contribution in [0.15, 0.2) is 57.3 Å². The molecule has 1 aromatic carbocycles. The number of nitrogens with zero attached hydrogens (tertiary/aromatic N) is 2. The molecule has 0 bridgehead atoms. The van der Waals surface area contributed by atoms with Crippen molar-refractivity contribution >= 4 is 27.3 Å². The summed E-state index contributed by atoms with van der Waals surface area (Å²) in [4.78, 5) is 13.7. The van der Waals surface area contributed by atoms with E-state index in [1.54, 1.807) is 30.3 Å². The molecule has 29 heavy (non-hydrogen) atoms. The highest BCUT2D eigenvalue weighted by Gasteiger charge is 2.30. The van der Waals surface area contributed by atoms with Gasteiger partial charge in [-0.05, 0) is 43.3 Å². The van der Waals surface area contributed by atoms with Crippen LogP contribution in [-0.2, 0) is 10.0 Å². The van der Waals surface area contributed by atoms with Crippen molar-refractivity contribution < 1.29 is 17.7 Å². The highest BCUT2D eigenvalue weighted by molar-refractivity contribution is 7.89. The quantitative estimate of drug-likeness (QED) is 0.669. The Balaban J connectivity index is 1.35. The number of nitrogens with one attached hydrogen (secondary N) is 1. The minimum absolute atomic E-state index is 0.103. The lowest BCUT2D eigenvalue weighted by Crippen LogP contribution is -2.46. The third kappa shape index (κ3) is 4.26. The Kier molecular flexibility index (Phi) is 5.53. The van der Waals surface area contributed by atoms with Gasteiger partial charge in [-0.3, -0.25) is 4.79 Å². The number of rotatable bonds is 5. The van der Waals surface area contributed by atoms with Crippen LogP contribution >= 0.6 is 11.3 Å². The van der Waals surface area contributed by atoms with Crippen molar-refractivity contribution in [3.63, 3.8) is 0 Å². The van der Waals surface area contributed by atoms with Crippen LogP contribution in [0.3, 0.4) is 0 Å². The number of aryl methyl sites for hydroxylation is 1. The van der Waals surface area contributed by atoms with Crippen molar-refractivity contribution in [3.05, 3.63) is 59.1 Å². The largest absolute Gasteiger partial charge is 0.355 e. The van der Waals surface area contributed by atoms with Crippen molar-refractivity contribution in [2.75, 3.05) is 13.1 Å². The average Bonchev–Trinajstić information content (AvgIpc) is 3.40. The fourth-order valence-corrected chi connectivity index (χ4v) is 5.42. The number of carbonyl (C=O) groups is 1. The van der Waals surface area contributed by atoms with Gasteiger partial charge in [-0.1, -0.05) is 28.9 Å².